The Bertz CT molecular complexity index is 734. The van der Waals surface area contributed by atoms with E-state index in [1.165, 1.54) is 29.1 Å². The third kappa shape index (κ3) is 3.29. The first kappa shape index (κ1) is 13.8. The van der Waals surface area contributed by atoms with Gasteiger partial charge in [-0.15, -0.1) is 0 Å². The molecule has 106 valence electrons. The zero-order chi connectivity index (χ0) is 14.7. The number of hydrogen-bond acceptors (Lipinski definition) is 7. The van der Waals surface area contributed by atoms with Crippen molar-refractivity contribution in [2.45, 2.75) is 10.1 Å². The molecule has 0 aliphatic heterocycles. The van der Waals surface area contributed by atoms with Crippen molar-refractivity contribution < 1.29 is 4.74 Å². The Kier molecular flexibility index (Phi) is 3.98. The van der Waals surface area contributed by atoms with Crippen LogP contribution in [-0.4, -0.2) is 36.8 Å². The Labute approximate surface area is 129 Å². The summed E-state index contributed by atoms with van der Waals surface area (Å²) in [6, 6.07) is 7.56. The lowest BCUT2D eigenvalue weighted by atomic mass is 10.3. The van der Waals surface area contributed by atoms with Crippen LogP contribution in [0.4, 0.5) is 0 Å². The van der Waals surface area contributed by atoms with Crippen LogP contribution in [-0.2, 0) is 0 Å². The molecule has 0 unspecified atom stereocenters. The average Bonchev–Trinajstić information content (AvgIpc) is 3.02. The average molecular weight is 321 g/mol. The molecule has 1 aromatic carbocycles. The van der Waals surface area contributed by atoms with Crippen molar-refractivity contribution in [3.8, 4) is 11.7 Å². The van der Waals surface area contributed by atoms with Gasteiger partial charge in [-0.1, -0.05) is 0 Å². The second kappa shape index (κ2) is 6.06. The summed E-state index contributed by atoms with van der Waals surface area (Å²) >= 11 is 7.29. The molecule has 3 aromatic rings. The van der Waals surface area contributed by atoms with Crippen molar-refractivity contribution >= 4 is 23.4 Å². The quantitative estimate of drug-likeness (QED) is 0.729. The smallest absolute Gasteiger partial charge is 0.257 e. The van der Waals surface area contributed by atoms with Gasteiger partial charge in [-0.2, -0.15) is 24.7 Å². The molecule has 0 spiro atoms. The van der Waals surface area contributed by atoms with Gasteiger partial charge in [-0.25, -0.2) is 4.98 Å². The lowest BCUT2D eigenvalue weighted by Gasteiger charge is -2.04. The van der Waals surface area contributed by atoms with Crippen molar-refractivity contribution in [1.29, 1.82) is 0 Å². The van der Waals surface area contributed by atoms with E-state index in [0.29, 0.717) is 11.1 Å². The molecule has 0 saturated carbocycles. The Morgan fingerprint density at radius 2 is 1.95 bits per heavy atom. The summed E-state index contributed by atoms with van der Waals surface area (Å²) in [7, 11) is 1.62. The van der Waals surface area contributed by atoms with E-state index in [-0.39, 0.29) is 5.28 Å². The Balaban J connectivity index is 1.88. The summed E-state index contributed by atoms with van der Waals surface area (Å²) in [5.74, 6) is 1.11. The Morgan fingerprint density at radius 1 is 1.14 bits per heavy atom. The van der Waals surface area contributed by atoms with E-state index in [1.807, 2.05) is 24.3 Å². The predicted octanol–water partition coefficient (Wildman–Crippen LogP) is 2.27. The molecule has 21 heavy (non-hydrogen) atoms. The fraction of sp³-hybridized carbons (Fsp3) is 0.0833. The first-order chi connectivity index (χ1) is 10.2. The number of methoxy groups -OCH3 is 1. The van der Waals surface area contributed by atoms with Crippen LogP contribution in [0.5, 0.6) is 5.75 Å². The Morgan fingerprint density at radius 3 is 2.62 bits per heavy atom. The highest BCUT2D eigenvalue weighted by atomic mass is 35.5. The van der Waals surface area contributed by atoms with Crippen LogP contribution in [0.25, 0.3) is 5.95 Å². The molecule has 0 fully saturated rings. The lowest BCUT2D eigenvalue weighted by molar-refractivity contribution is 0.414. The van der Waals surface area contributed by atoms with Gasteiger partial charge in [0.05, 0.1) is 7.11 Å². The topological polar surface area (TPSA) is 78.6 Å². The molecule has 2 aromatic heterocycles. The van der Waals surface area contributed by atoms with Gasteiger partial charge in [-0.05, 0) is 47.6 Å². The minimum absolute atomic E-state index is 0.103. The highest BCUT2D eigenvalue weighted by molar-refractivity contribution is 7.99. The number of benzene rings is 1. The van der Waals surface area contributed by atoms with E-state index in [0.717, 1.165) is 10.6 Å². The van der Waals surface area contributed by atoms with Crippen LogP contribution in [0.2, 0.25) is 5.28 Å². The first-order valence-corrected chi connectivity index (χ1v) is 7.02. The fourth-order valence-corrected chi connectivity index (χ4v) is 2.48. The van der Waals surface area contributed by atoms with Gasteiger partial charge < -0.3 is 4.74 Å². The van der Waals surface area contributed by atoms with Crippen LogP contribution >= 0.6 is 23.4 Å². The van der Waals surface area contributed by atoms with Crippen LogP contribution in [0.1, 0.15) is 0 Å². The van der Waals surface area contributed by atoms with Gasteiger partial charge in [0.2, 0.25) is 5.28 Å². The van der Waals surface area contributed by atoms with Crippen molar-refractivity contribution in [2.75, 3.05) is 7.11 Å². The van der Waals surface area contributed by atoms with E-state index in [1.54, 1.807) is 7.11 Å². The van der Waals surface area contributed by atoms with Gasteiger partial charge in [0.15, 0.2) is 5.16 Å². The second-order valence-corrected chi connectivity index (χ2v) is 5.18. The van der Waals surface area contributed by atoms with Crippen LogP contribution in [0.15, 0.2) is 47.0 Å². The summed E-state index contributed by atoms with van der Waals surface area (Å²) in [5.41, 5.74) is 0. The number of halogens is 1. The molecule has 0 bridgehead atoms. The van der Waals surface area contributed by atoms with Gasteiger partial charge >= 0.3 is 0 Å². The third-order valence-corrected chi connectivity index (χ3v) is 3.51. The summed E-state index contributed by atoms with van der Waals surface area (Å²) in [6.07, 6.45) is 2.89. The van der Waals surface area contributed by atoms with Crippen LogP contribution in [0.3, 0.4) is 0 Å². The standard InChI is InChI=1S/C12H9ClN6OS/c1-20-8-2-4-9(5-3-8)21-12-17-10(13)16-11(18-12)19-7-14-6-15-19/h2-7H,1H3. The van der Waals surface area contributed by atoms with E-state index in [2.05, 4.69) is 25.0 Å². The molecule has 0 saturated heterocycles. The largest absolute Gasteiger partial charge is 0.497 e. The minimum Gasteiger partial charge on any atom is -0.497 e. The van der Waals surface area contributed by atoms with E-state index >= 15 is 0 Å². The van der Waals surface area contributed by atoms with Gasteiger partial charge in [0.25, 0.3) is 5.95 Å². The minimum atomic E-state index is 0.103. The second-order valence-electron chi connectivity index (χ2n) is 3.80. The van der Waals surface area contributed by atoms with Crippen LogP contribution in [0, 0.1) is 0 Å². The van der Waals surface area contributed by atoms with Crippen LogP contribution < -0.4 is 4.74 Å². The molecule has 0 N–H and O–H groups in total. The maximum absolute atomic E-state index is 5.92. The van der Waals surface area contributed by atoms with Gasteiger partial charge in [-0.3, -0.25) is 0 Å². The molecule has 7 nitrogen and oxygen atoms in total. The van der Waals surface area contributed by atoms with E-state index in [9.17, 15) is 0 Å². The molecule has 2 heterocycles. The summed E-state index contributed by atoms with van der Waals surface area (Å²) in [6.45, 7) is 0. The predicted molar refractivity (Wildman–Crippen MR) is 76.9 cm³/mol. The number of rotatable bonds is 4. The van der Waals surface area contributed by atoms with E-state index in [4.69, 9.17) is 16.3 Å². The molecule has 0 radical (unpaired) electrons. The molecule has 0 aliphatic rings. The lowest BCUT2D eigenvalue weighted by Crippen LogP contribution is -2.04. The monoisotopic (exact) mass is 320 g/mol. The van der Waals surface area contributed by atoms with Gasteiger partial charge in [0, 0.05) is 4.90 Å². The highest BCUT2D eigenvalue weighted by Gasteiger charge is 2.09. The van der Waals surface area contributed by atoms with Crippen molar-refractivity contribution in [3.63, 3.8) is 0 Å². The summed E-state index contributed by atoms with van der Waals surface area (Å²) in [4.78, 5) is 17.2. The number of nitrogens with zero attached hydrogens (tertiary/aromatic N) is 6. The SMILES string of the molecule is COc1ccc(Sc2nc(Cl)nc(-n3cncn3)n2)cc1. The molecule has 9 heteroatoms. The number of ether oxygens (including phenoxy) is 1. The Hall–Kier alpha value is -2.19. The third-order valence-electron chi connectivity index (χ3n) is 2.47. The molecule has 0 aliphatic carbocycles. The number of aromatic nitrogens is 6. The molecule has 3 rings (SSSR count). The molecule has 0 atom stereocenters. The zero-order valence-electron chi connectivity index (χ0n) is 10.8. The molecular formula is C12H9ClN6OS. The molecule has 0 amide bonds. The fourth-order valence-electron chi connectivity index (χ4n) is 1.53. The highest BCUT2D eigenvalue weighted by Crippen LogP contribution is 2.27. The maximum atomic E-state index is 5.92. The summed E-state index contributed by atoms with van der Waals surface area (Å²) in [5, 5.41) is 4.55. The van der Waals surface area contributed by atoms with Crippen molar-refractivity contribution in [2.24, 2.45) is 0 Å². The van der Waals surface area contributed by atoms with E-state index < -0.39 is 0 Å². The zero-order valence-corrected chi connectivity index (χ0v) is 12.4. The normalized spacial score (nSPS) is 10.6. The van der Waals surface area contributed by atoms with Crippen molar-refractivity contribution in [3.05, 3.63) is 42.2 Å². The first-order valence-electron chi connectivity index (χ1n) is 5.83. The maximum Gasteiger partial charge on any atom is 0.257 e. The summed E-state index contributed by atoms with van der Waals surface area (Å²) < 4.78 is 6.54. The molecular weight excluding hydrogens is 312 g/mol. The van der Waals surface area contributed by atoms with Gasteiger partial charge in [0.1, 0.15) is 18.4 Å². The van der Waals surface area contributed by atoms with Crippen molar-refractivity contribution in [1.82, 2.24) is 29.7 Å². The number of hydrogen-bond donors (Lipinski definition) is 0.